The summed E-state index contributed by atoms with van der Waals surface area (Å²) >= 11 is 0. The van der Waals surface area contributed by atoms with Crippen LogP contribution in [0, 0.1) is 29.6 Å². The summed E-state index contributed by atoms with van der Waals surface area (Å²) < 4.78 is 27.0. The van der Waals surface area contributed by atoms with E-state index in [9.17, 15) is 8.42 Å². The normalized spacial score (nSPS) is 10.4. The molecule has 0 amide bonds. The van der Waals surface area contributed by atoms with Crippen molar-refractivity contribution in [3.05, 3.63) is 59.2 Å². The Bertz CT molecular complexity index is 875. The average molecular weight is 297 g/mol. The van der Waals surface area contributed by atoms with Crippen molar-refractivity contribution in [3.63, 3.8) is 0 Å². The van der Waals surface area contributed by atoms with Crippen LogP contribution in [0.2, 0.25) is 0 Å². The Labute approximate surface area is 123 Å². The minimum Gasteiger partial charge on any atom is -0.278 e. The number of nitriles is 2. The van der Waals surface area contributed by atoms with Crippen LogP contribution in [0.5, 0.6) is 0 Å². The number of benzene rings is 2. The Morgan fingerprint density at radius 2 is 1.67 bits per heavy atom. The van der Waals surface area contributed by atoms with Crippen LogP contribution in [0.1, 0.15) is 16.7 Å². The van der Waals surface area contributed by atoms with Crippen LogP contribution in [0.15, 0.2) is 47.4 Å². The first-order valence-corrected chi connectivity index (χ1v) is 7.49. The molecule has 2 rings (SSSR count). The van der Waals surface area contributed by atoms with Crippen LogP contribution in [0.4, 0.5) is 5.69 Å². The van der Waals surface area contributed by atoms with Gasteiger partial charge >= 0.3 is 0 Å². The first-order chi connectivity index (χ1) is 9.97. The lowest BCUT2D eigenvalue weighted by molar-refractivity contribution is 0.601. The minimum absolute atomic E-state index is 0.0479. The third-order valence-corrected chi connectivity index (χ3v) is 4.28. The molecule has 0 atom stereocenters. The lowest BCUT2D eigenvalue weighted by Crippen LogP contribution is -2.14. The first kappa shape index (κ1) is 14.6. The summed E-state index contributed by atoms with van der Waals surface area (Å²) in [5.41, 5.74) is 1.47. The Morgan fingerprint density at radius 3 is 2.29 bits per heavy atom. The first-order valence-electron chi connectivity index (χ1n) is 6.00. The smallest absolute Gasteiger partial charge is 0.261 e. The fourth-order valence-corrected chi connectivity index (χ4v) is 2.97. The number of hydrogen-bond acceptors (Lipinski definition) is 4. The maximum absolute atomic E-state index is 12.3. The highest BCUT2D eigenvalue weighted by Crippen LogP contribution is 2.21. The van der Waals surface area contributed by atoms with Crippen molar-refractivity contribution < 1.29 is 8.42 Å². The van der Waals surface area contributed by atoms with E-state index in [1.807, 2.05) is 12.1 Å². The molecule has 0 aromatic heterocycles. The largest absolute Gasteiger partial charge is 0.278 e. The zero-order valence-corrected chi connectivity index (χ0v) is 12.0. The summed E-state index contributed by atoms with van der Waals surface area (Å²) in [6.45, 7) is 1.67. The number of anilines is 1. The highest BCUT2D eigenvalue weighted by atomic mass is 32.2. The highest BCUT2D eigenvalue weighted by molar-refractivity contribution is 7.92. The van der Waals surface area contributed by atoms with Crippen molar-refractivity contribution in [2.24, 2.45) is 0 Å². The maximum atomic E-state index is 12.3. The van der Waals surface area contributed by atoms with Gasteiger partial charge in [0.25, 0.3) is 10.0 Å². The van der Waals surface area contributed by atoms with Gasteiger partial charge in [0.1, 0.15) is 6.07 Å². The molecule has 0 heterocycles. The molecule has 0 aliphatic carbocycles. The van der Waals surface area contributed by atoms with E-state index < -0.39 is 10.0 Å². The summed E-state index contributed by atoms with van der Waals surface area (Å²) in [5, 5.41) is 17.8. The summed E-state index contributed by atoms with van der Waals surface area (Å²) in [7, 11) is -3.80. The molecule has 0 bridgehead atoms. The monoisotopic (exact) mass is 297 g/mol. The van der Waals surface area contributed by atoms with E-state index in [2.05, 4.69) is 4.72 Å². The number of hydrogen-bond donors (Lipinski definition) is 1. The van der Waals surface area contributed by atoms with E-state index >= 15 is 0 Å². The molecule has 0 fully saturated rings. The van der Waals surface area contributed by atoms with Crippen LogP contribution in [-0.2, 0) is 10.0 Å². The van der Waals surface area contributed by atoms with Gasteiger partial charge in [-0.1, -0.05) is 12.1 Å². The molecular formula is C15H11N3O2S. The van der Waals surface area contributed by atoms with E-state index in [1.54, 1.807) is 19.1 Å². The van der Waals surface area contributed by atoms with Crippen molar-refractivity contribution in [2.75, 3.05) is 4.72 Å². The zero-order chi connectivity index (χ0) is 15.5. The molecule has 0 aliphatic rings. The quantitative estimate of drug-likeness (QED) is 0.942. The van der Waals surface area contributed by atoms with Crippen LogP contribution in [-0.4, -0.2) is 8.42 Å². The third-order valence-electron chi connectivity index (χ3n) is 2.92. The van der Waals surface area contributed by atoms with Gasteiger partial charge in [-0.2, -0.15) is 10.5 Å². The maximum Gasteiger partial charge on any atom is 0.261 e. The number of nitrogens with one attached hydrogen (secondary N) is 1. The Hall–Kier alpha value is -2.83. The number of sulfonamides is 1. The molecule has 1 N–H and O–H groups in total. The zero-order valence-electron chi connectivity index (χ0n) is 11.2. The molecule has 0 aliphatic heterocycles. The molecule has 21 heavy (non-hydrogen) atoms. The molecular weight excluding hydrogens is 286 g/mol. The summed E-state index contributed by atoms with van der Waals surface area (Å²) in [4.78, 5) is 0.0479. The third kappa shape index (κ3) is 3.02. The summed E-state index contributed by atoms with van der Waals surface area (Å²) in [6, 6.07) is 14.5. The molecule has 0 saturated carbocycles. The van der Waals surface area contributed by atoms with E-state index in [0.29, 0.717) is 11.1 Å². The summed E-state index contributed by atoms with van der Waals surface area (Å²) in [5.74, 6) is 0. The van der Waals surface area contributed by atoms with Crippen LogP contribution in [0.3, 0.4) is 0 Å². The average Bonchev–Trinajstić information content (AvgIpc) is 2.47. The van der Waals surface area contributed by atoms with Crippen LogP contribution in [0.25, 0.3) is 0 Å². The predicted octanol–water partition coefficient (Wildman–Crippen LogP) is 2.54. The van der Waals surface area contributed by atoms with Crippen molar-refractivity contribution in [1.82, 2.24) is 0 Å². The van der Waals surface area contributed by atoms with Crippen molar-refractivity contribution in [2.45, 2.75) is 11.8 Å². The van der Waals surface area contributed by atoms with Crippen molar-refractivity contribution >= 4 is 15.7 Å². The second kappa shape index (κ2) is 5.66. The topological polar surface area (TPSA) is 93.8 Å². The molecule has 0 unspecified atom stereocenters. The fourth-order valence-electron chi connectivity index (χ4n) is 1.80. The highest BCUT2D eigenvalue weighted by Gasteiger charge is 2.16. The van der Waals surface area contributed by atoms with Gasteiger partial charge in [-0.15, -0.1) is 0 Å². The Balaban J connectivity index is 2.42. The molecule has 0 radical (unpaired) electrons. The van der Waals surface area contributed by atoms with Gasteiger partial charge in [0.15, 0.2) is 0 Å². The molecule has 5 nitrogen and oxygen atoms in total. The Morgan fingerprint density at radius 1 is 1.00 bits per heavy atom. The lowest BCUT2D eigenvalue weighted by Gasteiger charge is -2.10. The van der Waals surface area contributed by atoms with Gasteiger partial charge < -0.3 is 0 Å². The second-order valence-corrected chi connectivity index (χ2v) is 6.03. The van der Waals surface area contributed by atoms with E-state index in [4.69, 9.17) is 10.5 Å². The van der Waals surface area contributed by atoms with E-state index in [0.717, 1.165) is 0 Å². The summed E-state index contributed by atoms with van der Waals surface area (Å²) in [6.07, 6.45) is 0. The van der Waals surface area contributed by atoms with Gasteiger partial charge in [0.05, 0.1) is 27.8 Å². The van der Waals surface area contributed by atoms with Gasteiger partial charge in [-0.3, -0.25) is 4.72 Å². The van der Waals surface area contributed by atoms with Crippen molar-refractivity contribution in [3.8, 4) is 12.1 Å². The lowest BCUT2D eigenvalue weighted by atomic mass is 10.1. The number of para-hydroxylation sites is 1. The molecule has 0 saturated heterocycles. The van der Waals surface area contributed by atoms with E-state index in [1.165, 1.54) is 30.3 Å². The minimum atomic E-state index is -3.80. The molecule has 6 heteroatoms. The van der Waals surface area contributed by atoms with Gasteiger partial charge in [0.2, 0.25) is 0 Å². The van der Waals surface area contributed by atoms with Gasteiger partial charge in [-0.05, 0) is 42.8 Å². The second-order valence-electron chi connectivity index (χ2n) is 4.35. The van der Waals surface area contributed by atoms with Crippen LogP contribution >= 0.6 is 0 Å². The number of rotatable bonds is 3. The van der Waals surface area contributed by atoms with E-state index in [-0.39, 0.29) is 16.1 Å². The van der Waals surface area contributed by atoms with Crippen molar-refractivity contribution in [1.29, 1.82) is 10.5 Å². The standard InChI is InChI=1S/C15H11N3O2S/c1-11-8-14(7-6-12(11)9-16)21(19,20)18-15-5-3-2-4-13(15)10-17/h2-8,18H,1H3. The predicted molar refractivity (Wildman–Crippen MR) is 77.9 cm³/mol. The van der Waals surface area contributed by atoms with Crippen LogP contribution < -0.4 is 4.72 Å². The molecule has 0 spiro atoms. The fraction of sp³-hybridized carbons (Fsp3) is 0.0667. The van der Waals surface area contributed by atoms with Gasteiger partial charge in [0, 0.05) is 0 Å². The number of aryl methyl sites for hydroxylation is 1. The SMILES string of the molecule is Cc1cc(S(=O)(=O)Nc2ccccc2C#N)ccc1C#N. The number of nitrogens with zero attached hydrogens (tertiary/aromatic N) is 2. The molecule has 2 aromatic rings. The van der Waals surface area contributed by atoms with Gasteiger partial charge in [-0.25, -0.2) is 8.42 Å². The molecule has 2 aromatic carbocycles. The molecule has 104 valence electrons. The Kier molecular flexibility index (Phi) is 3.93.